The van der Waals surface area contributed by atoms with Gasteiger partial charge in [0, 0.05) is 0 Å². The van der Waals surface area contributed by atoms with Crippen LogP contribution in [0.4, 0.5) is 0 Å². The summed E-state index contributed by atoms with van der Waals surface area (Å²) in [5, 5.41) is 9.77. The van der Waals surface area contributed by atoms with Crippen molar-refractivity contribution in [2.45, 2.75) is 120 Å². The maximum Gasteiger partial charge on any atom is 0.103 e. The summed E-state index contributed by atoms with van der Waals surface area (Å²) in [6, 6.07) is 0. The second-order valence-electron chi connectivity index (χ2n) is 9.82. The molecule has 1 fully saturated rings. The number of quaternary nitrogens is 1. The van der Waals surface area contributed by atoms with E-state index in [1.54, 1.807) is 0 Å². The molecule has 1 aliphatic rings. The first kappa shape index (κ1) is 27.3. The van der Waals surface area contributed by atoms with Gasteiger partial charge in [-0.1, -0.05) is 96.8 Å². The van der Waals surface area contributed by atoms with Crippen LogP contribution < -0.4 is 0 Å². The van der Waals surface area contributed by atoms with Crippen LogP contribution in [-0.2, 0) is 4.74 Å². The molecule has 0 aromatic rings. The minimum absolute atomic E-state index is 0.272. The van der Waals surface area contributed by atoms with E-state index < -0.39 is 0 Å². The molecule has 29 heavy (non-hydrogen) atoms. The Labute approximate surface area is 186 Å². The van der Waals surface area contributed by atoms with E-state index in [0.29, 0.717) is 10.7 Å². The zero-order valence-electron chi connectivity index (χ0n) is 20.0. The van der Waals surface area contributed by atoms with E-state index in [2.05, 4.69) is 21.0 Å². The highest BCUT2D eigenvalue weighted by atomic mass is 32.2. The summed E-state index contributed by atoms with van der Waals surface area (Å²) in [5.41, 5.74) is 0.413. The Morgan fingerprint density at radius 1 is 0.793 bits per heavy atom. The van der Waals surface area contributed by atoms with Gasteiger partial charge in [-0.15, -0.1) is 11.8 Å². The molecule has 0 spiro atoms. The van der Waals surface area contributed by atoms with Crippen LogP contribution >= 0.6 is 11.8 Å². The number of rotatable bonds is 20. The van der Waals surface area contributed by atoms with Gasteiger partial charge in [0.15, 0.2) is 0 Å². The molecule has 1 N–H and O–H groups in total. The summed E-state index contributed by atoms with van der Waals surface area (Å²) < 4.78 is 6.89. The lowest BCUT2D eigenvalue weighted by Crippen LogP contribution is -2.46. The van der Waals surface area contributed by atoms with Crippen LogP contribution in [0.25, 0.3) is 0 Å². The summed E-state index contributed by atoms with van der Waals surface area (Å²) in [4.78, 5) is 0. The standard InChI is InChI=1S/C25H52NO2S/c1-4-5-6-7-8-9-10-11-12-13-14-15-16-17-18-19-25-28-23-24(29-25)22-26(2,3)20-21-27/h24-25,27H,4-23H2,1-3H3/q+1. The van der Waals surface area contributed by atoms with Gasteiger partial charge in [0.25, 0.3) is 0 Å². The van der Waals surface area contributed by atoms with E-state index in [1.807, 2.05) is 11.8 Å². The Hall–Kier alpha value is 0.230. The van der Waals surface area contributed by atoms with Crippen molar-refractivity contribution in [1.29, 1.82) is 0 Å². The quantitative estimate of drug-likeness (QED) is 0.171. The van der Waals surface area contributed by atoms with E-state index >= 15 is 0 Å². The molecule has 0 amide bonds. The van der Waals surface area contributed by atoms with Gasteiger partial charge >= 0.3 is 0 Å². The molecule has 0 saturated carbocycles. The lowest BCUT2D eigenvalue weighted by Gasteiger charge is -2.30. The molecule has 1 aliphatic heterocycles. The van der Waals surface area contributed by atoms with Crippen LogP contribution in [-0.4, -0.2) is 60.7 Å². The minimum Gasteiger partial charge on any atom is -0.391 e. The maximum absolute atomic E-state index is 9.18. The van der Waals surface area contributed by atoms with Crippen molar-refractivity contribution in [3.63, 3.8) is 0 Å². The molecule has 1 saturated heterocycles. The Morgan fingerprint density at radius 2 is 1.28 bits per heavy atom. The van der Waals surface area contributed by atoms with Crippen LogP contribution in [0.3, 0.4) is 0 Å². The molecule has 0 aromatic heterocycles. The SMILES string of the molecule is CCCCCCCCCCCCCCCCCC1OCC(C[N+](C)(C)CCO)S1. The Morgan fingerprint density at radius 3 is 1.76 bits per heavy atom. The number of aliphatic hydroxyl groups is 1. The second-order valence-corrected chi connectivity index (χ2v) is 11.3. The number of nitrogens with zero attached hydrogens (tertiary/aromatic N) is 1. The zero-order chi connectivity index (χ0) is 21.2. The molecular formula is C25H52NO2S+. The number of hydrogen-bond acceptors (Lipinski definition) is 3. The van der Waals surface area contributed by atoms with Crippen molar-refractivity contribution in [1.82, 2.24) is 0 Å². The normalized spacial score (nSPS) is 19.9. The van der Waals surface area contributed by atoms with Gasteiger partial charge in [-0.2, -0.15) is 0 Å². The molecule has 0 aliphatic carbocycles. The Bertz CT molecular complexity index is 365. The van der Waals surface area contributed by atoms with Crippen molar-refractivity contribution in [3.05, 3.63) is 0 Å². The molecule has 3 nitrogen and oxygen atoms in total. The summed E-state index contributed by atoms with van der Waals surface area (Å²) in [6.07, 6.45) is 22.6. The van der Waals surface area contributed by atoms with Crippen molar-refractivity contribution in [2.75, 3.05) is 40.4 Å². The van der Waals surface area contributed by atoms with Crippen molar-refractivity contribution in [3.8, 4) is 0 Å². The van der Waals surface area contributed by atoms with Crippen LogP contribution in [0, 0.1) is 0 Å². The predicted octanol–water partition coefficient (Wildman–Crippen LogP) is 6.77. The Balaban J connectivity index is 1.82. The third-order valence-corrected chi connectivity index (χ3v) is 7.60. The maximum atomic E-state index is 9.18. The van der Waals surface area contributed by atoms with Crippen LogP contribution in [0.5, 0.6) is 0 Å². The molecule has 4 heteroatoms. The van der Waals surface area contributed by atoms with Crippen molar-refractivity contribution >= 4 is 11.8 Å². The van der Waals surface area contributed by atoms with Gasteiger partial charge in [-0.3, -0.25) is 0 Å². The van der Waals surface area contributed by atoms with Gasteiger partial charge in [0.1, 0.15) is 12.0 Å². The van der Waals surface area contributed by atoms with Gasteiger partial charge in [-0.25, -0.2) is 0 Å². The highest BCUT2D eigenvalue weighted by molar-refractivity contribution is 8.00. The van der Waals surface area contributed by atoms with Gasteiger partial charge in [0.2, 0.25) is 0 Å². The van der Waals surface area contributed by atoms with Gasteiger partial charge < -0.3 is 14.3 Å². The number of ether oxygens (including phenoxy) is 1. The molecule has 0 bridgehead atoms. The summed E-state index contributed by atoms with van der Waals surface area (Å²) in [5.74, 6) is 0. The lowest BCUT2D eigenvalue weighted by molar-refractivity contribution is -0.890. The first-order chi connectivity index (χ1) is 14.1. The molecule has 174 valence electrons. The number of unbranched alkanes of at least 4 members (excludes halogenated alkanes) is 14. The topological polar surface area (TPSA) is 29.5 Å². The number of hydrogen-bond donors (Lipinski definition) is 1. The lowest BCUT2D eigenvalue weighted by atomic mass is 10.0. The largest absolute Gasteiger partial charge is 0.391 e. The van der Waals surface area contributed by atoms with Gasteiger partial charge in [-0.05, 0) is 12.8 Å². The summed E-state index contributed by atoms with van der Waals surface area (Å²) in [6.45, 7) is 5.39. The summed E-state index contributed by atoms with van der Waals surface area (Å²) >= 11 is 2.03. The number of likely N-dealkylation sites (N-methyl/N-ethyl adjacent to an activating group) is 1. The molecule has 0 aromatic carbocycles. The highest BCUT2D eigenvalue weighted by Crippen LogP contribution is 2.32. The van der Waals surface area contributed by atoms with Crippen LogP contribution in [0.15, 0.2) is 0 Å². The van der Waals surface area contributed by atoms with Crippen molar-refractivity contribution in [2.24, 2.45) is 0 Å². The molecule has 1 heterocycles. The highest BCUT2D eigenvalue weighted by Gasteiger charge is 2.31. The monoisotopic (exact) mass is 430 g/mol. The fourth-order valence-corrected chi connectivity index (χ4v) is 5.89. The minimum atomic E-state index is 0.272. The number of thioether (sulfide) groups is 1. The third kappa shape index (κ3) is 15.6. The fourth-order valence-electron chi connectivity index (χ4n) is 4.35. The fraction of sp³-hybridized carbons (Fsp3) is 1.00. The molecular weight excluding hydrogens is 378 g/mol. The molecule has 1 rings (SSSR count). The third-order valence-electron chi connectivity index (χ3n) is 6.26. The second kappa shape index (κ2) is 17.9. The van der Waals surface area contributed by atoms with E-state index in [9.17, 15) is 5.11 Å². The van der Waals surface area contributed by atoms with E-state index in [4.69, 9.17) is 4.74 Å². The molecule has 2 unspecified atom stereocenters. The molecule has 0 radical (unpaired) electrons. The van der Waals surface area contributed by atoms with E-state index in [1.165, 1.54) is 103 Å². The first-order valence-corrected chi connectivity index (χ1v) is 13.7. The predicted molar refractivity (Wildman–Crippen MR) is 130 cm³/mol. The van der Waals surface area contributed by atoms with Crippen LogP contribution in [0.1, 0.15) is 110 Å². The zero-order valence-corrected chi connectivity index (χ0v) is 20.8. The molecule has 2 atom stereocenters. The smallest absolute Gasteiger partial charge is 0.103 e. The first-order valence-electron chi connectivity index (χ1n) is 12.8. The number of aliphatic hydroxyl groups excluding tert-OH is 1. The Kier molecular flexibility index (Phi) is 16.8. The van der Waals surface area contributed by atoms with E-state index in [-0.39, 0.29) is 6.61 Å². The average Bonchev–Trinajstić information content (AvgIpc) is 3.11. The average molecular weight is 431 g/mol. The van der Waals surface area contributed by atoms with Crippen LogP contribution in [0.2, 0.25) is 0 Å². The van der Waals surface area contributed by atoms with Crippen molar-refractivity contribution < 1.29 is 14.3 Å². The summed E-state index contributed by atoms with van der Waals surface area (Å²) in [7, 11) is 4.41. The van der Waals surface area contributed by atoms with Gasteiger partial charge in [0.05, 0.1) is 39.1 Å². The van der Waals surface area contributed by atoms with E-state index in [0.717, 1.165) is 24.2 Å².